The molecule has 4 aromatic rings. The van der Waals surface area contributed by atoms with Gasteiger partial charge in [-0.2, -0.15) is 13.2 Å². The van der Waals surface area contributed by atoms with Crippen molar-refractivity contribution < 1.29 is 47.0 Å². The number of aromatic nitrogens is 1. The molecule has 0 bridgehead atoms. The van der Waals surface area contributed by atoms with Crippen molar-refractivity contribution >= 4 is 17.3 Å². The molecule has 7 rings (SSSR count). The number of nitrogens with zero attached hydrogens (tertiary/aromatic N) is 1. The Morgan fingerprint density at radius 1 is 0.959 bits per heavy atom. The summed E-state index contributed by atoms with van der Waals surface area (Å²) in [5.74, 6) is -5.35. The lowest BCUT2D eigenvalue weighted by Gasteiger charge is -2.48. The molecular formula is C37H31F3N2O7. The van der Waals surface area contributed by atoms with Crippen molar-refractivity contribution in [3.63, 3.8) is 0 Å². The third-order valence-electron chi connectivity index (χ3n) is 9.48. The summed E-state index contributed by atoms with van der Waals surface area (Å²) in [6.45, 7) is 3.86. The highest BCUT2D eigenvalue weighted by atomic mass is 19.4. The maximum atomic E-state index is 14.5. The summed E-state index contributed by atoms with van der Waals surface area (Å²) in [7, 11) is 0. The van der Waals surface area contributed by atoms with Crippen LogP contribution in [-0.4, -0.2) is 39.1 Å². The summed E-state index contributed by atoms with van der Waals surface area (Å²) < 4.78 is 60.4. The van der Waals surface area contributed by atoms with Gasteiger partial charge in [-0.3, -0.25) is 9.59 Å². The summed E-state index contributed by atoms with van der Waals surface area (Å²) in [5.41, 5.74) is -3.33. The Labute approximate surface area is 278 Å². The number of halogens is 3. The molecule has 1 aromatic heterocycles. The minimum absolute atomic E-state index is 0.00570. The van der Waals surface area contributed by atoms with Crippen molar-refractivity contribution in [3.8, 4) is 11.6 Å². The third kappa shape index (κ3) is 5.41. The average molecular weight is 673 g/mol. The fourth-order valence-corrected chi connectivity index (χ4v) is 7.24. The number of fused-ring (bicyclic) bond motifs is 4. The lowest BCUT2D eigenvalue weighted by atomic mass is 9.57. The monoisotopic (exact) mass is 672 g/mol. The van der Waals surface area contributed by atoms with Gasteiger partial charge in [0, 0.05) is 18.0 Å². The van der Waals surface area contributed by atoms with E-state index in [0.29, 0.717) is 0 Å². The standard InChI is InChI=1S/C37H31F3N2O7/c1-2-15-41-30-25-17-22-16-23-24(37(38,39)40)13-14-26(47-18-20-9-5-3-6-10-20)28(23)31(43)27(22)33(44)36(25,46)34(45)29-32(30)49-42-35(29)48-19-21-11-7-4-8-12-21/h2-14,22,25,30,41,43,46H,1,15-19H2/t22-,25-,30-,36-/m0/s1. The van der Waals surface area contributed by atoms with Crippen LogP contribution in [-0.2, 0) is 30.6 Å². The Hall–Kier alpha value is -5.20. The van der Waals surface area contributed by atoms with E-state index in [9.17, 15) is 33.0 Å². The molecule has 9 nitrogen and oxygen atoms in total. The van der Waals surface area contributed by atoms with Crippen molar-refractivity contribution in [1.82, 2.24) is 10.5 Å². The summed E-state index contributed by atoms with van der Waals surface area (Å²) in [6.07, 6.45) is -3.70. The van der Waals surface area contributed by atoms with E-state index < -0.39 is 52.5 Å². The minimum Gasteiger partial charge on any atom is -0.507 e. The van der Waals surface area contributed by atoms with Gasteiger partial charge in [-0.1, -0.05) is 66.7 Å². The molecule has 12 heteroatoms. The number of carbonyl (C=O) groups excluding carboxylic acids is 2. The van der Waals surface area contributed by atoms with Gasteiger partial charge in [-0.25, -0.2) is 0 Å². The van der Waals surface area contributed by atoms with Crippen molar-refractivity contribution in [2.75, 3.05) is 6.54 Å². The molecule has 3 aliphatic carbocycles. The molecule has 4 atom stereocenters. The molecule has 3 aliphatic rings. The quantitative estimate of drug-likeness (QED) is 0.138. The van der Waals surface area contributed by atoms with Gasteiger partial charge in [0.1, 0.15) is 30.3 Å². The van der Waals surface area contributed by atoms with Crippen LogP contribution in [0.5, 0.6) is 11.6 Å². The molecule has 1 saturated carbocycles. The van der Waals surface area contributed by atoms with E-state index in [0.717, 1.165) is 23.3 Å². The zero-order valence-electron chi connectivity index (χ0n) is 26.0. The largest absolute Gasteiger partial charge is 0.507 e. The highest BCUT2D eigenvalue weighted by Crippen LogP contribution is 2.56. The molecule has 252 valence electrons. The van der Waals surface area contributed by atoms with Crippen LogP contribution in [0.4, 0.5) is 13.2 Å². The lowest BCUT2D eigenvalue weighted by molar-refractivity contribution is -0.140. The van der Waals surface area contributed by atoms with E-state index in [1.54, 1.807) is 54.6 Å². The number of hydrogen-bond donors (Lipinski definition) is 3. The third-order valence-corrected chi connectivity index (χ3v) is 9.48. The second kappa shape index (κ2) is 12.4. The maximum absolute atomic E-state index is 14.5. The highest BCUT2D eigenvalue weighted by Gasteiger charge is 2.65. The summed E-state index contributed by atoms with van der Waals surface area (Å²) in [5, 5.41) is 31.0. The van der Waals surface area contributed by atoms with Crippen LogP contribution in [0, 0.1) is 11.8 Å². The maximum Gasteiger partial charge on any atom is 0.416 e. The van der Waals surface area contributed by atoms with Crippen LogP contribution < -0.4 is 14.8 Å². The molecule has 0 aliphatic heterocycles. The normalized spacial score (nSPS) is 22.9. The molecule has 0 spiro atoms. The number of aliphatic hydroxyl groups excluding tert-OH is 1. The molecule has 0 amide bonds. The summed E-state index contributed by atoms with van der Waals surface area (Å²) in [6, 6.07) is 19.0. The van der Waals surface area contributed by atoms with Gasteiger partial charge in [-0.05, 0) is 52.7 Å². The van der Waals surface area contributed by atoms with Crippen LogP contribution in [0.3, 0.4) is 0 Å². The van der Waals surface area contributed by atoms with E-state index in [-0.39, 0.29) is 72.3 Å². The van der Waals surface area contributed by atoms with Gasteiger partial charge in [0.2, 0.25) is 11.6 Å². The number of ether oxygens (including phenoxy) is 2. The Balaban J connectivity index is 1.32. The van der Waals surface area contributed by atoms with Gasteiger partial charge >= 0.3 is 6.18 Å². The van der Waals surface area contributed by atoms with Crippen LogP contribution in [0.1, 0.15) is 56.4 Å². The van der Waals surface area contributed by atoms with E-state index >= 15 is 0 Å². The van der Waals surface area contributed by atoms with E-state index in [4.69, 9.17) is 14.0 Å². The first-order valence-electron chi connectivity index (χ1n) is 15.7. The summed E-state index contributed by atoms with van der Waals surface area (Å²) in [4.78, 5) is 28.7. The number of carbonyl (C=O) groups is 2. The average Bonchev–Trinajstić information content (AvgIpc) is 3.52. The molecular weight excluding hydrogens is 641 g/mol. The molecule has 3 aromatic carbocycles. The number of nitrogens with one attached hydrogen (secondary N) is 1. The molecule has 1 fully saturated rings. The van der Waals surface area contributed by atoms with Crippen LogP contribution in [0.25, 0.3) is 5.76 Å². The zero-order valence-corrected chi connectivity index (χ0v) is 26.0. The Kier molecular flexibility index (Phi) is 8.16. The lowest BCUT2D eigenvalue weighted by Crippen LogP contribution is -2.63. The number of benzene rings is 3. The fourth-order valence-electron chi connectivity index (χ4n) is 7.24. The Bertz CT molecular complexity index is 1970. The minimum atomic E-state index is -4.78. The first kappa shape index (κ1) is 32.4. The van der Waals surface area contributed by atoms with Crippen molar-refractivity contribution in [2.24, 2.45) is 11.8 Å². The highest BCUT2D eigenvalue weighted by molar-refractivity contribution is 6.26. The van der Waals surface area contributed by atoms with Gasteiger partial charge < -0.3 is 29.5 Å². The smallest absolute Gasteiger partial charge is 0.416 e. The number of rotatable bonds is 9. The topological polar surface area (TPSA) is 131 Å². The van der Waals surface area contributed by atoms with Crippen LogP contribution >= 0.6 is 0 Å². The van der Waals surface area contributed by atoms with Gasteiger partial charge in [-0.15, -0.1) is 6.58 Å². The first-order chi connectivity index (χ1) is 23.5. The van der Waals surface area contributed by atoms with Gasteiger partial charge in [0.05, 0.1) is 17.2 Å². The Morgan fingerprint density at radius 3 is 2.24 bits per heavy atom. The van der Waals surface area contributed by atoms with E-state index in [1.165, 1.54) is 6.08 Å². The van der Waals surface area contributed by atoms with Crippen molar-refractivity contribution in [3.05, 3.63) is 130 Å². The van der Waals surface area contributed by atoms with Crippen LogP contribution in [0.2, 0.25) is 0 Å². The number of hydrogen-bond acceptors (Lipinski definition) is 9. The van der Waals surface area contributed by atoms with E-state index in [2.05, 4.69) is 17.1 Å². The predicted molar refractivity (Wildman–Crippen MR) is 170 cm³/mol. The number of alkyl halides is 3. The van der Waals surface area contributed by atoms with Gasteiger partial charge in [0.15, 0.2) is 11.4 Å². The number of Topliss-reactive ketones (excluding diaryl/α,β-unsaturated/α-hetero) is 2. The molecule has 0 saturated heterocycles. The molecule has 0 radical (unpaired) electrons. The van der Waals surface area contributed by atoms with Crippen molar-refractivity contribution in [2.45, 2.75) is 43.9 Å². The second-order valence-electron chi connectivity index (χ2n) is 12.3. The zero-order chi connectivity index (χ0) is 34.5. The molecule has 3 N–H and O–H groups in total. The molecule has 49 heavy (non-hydrogen) atoms. The Morgan fingerprint density at radius 2 is 1.61 bits per heavy atom. The number of aliphatic hydroxyl groups is 2. The SMILES string of the molecule is C=CCN[C@@H]1c2onc(OCc3ccccc3)c2C(=O)[C@@]2(O)C(=O)C3=C(O)c4c(OCc5ccccc5)ccc(C(F)(F)F)c4C[C@H]3C[C@@H]12. The van der Waals surface area contributed by atoms with Crippen LogP contribution in [0.15, 0.2) is 95.5 Å². The number of ketones is 2. The molecule has 0 unspecified atom stereocenters. The predicted octanol–water partition coefficient (Wildman–Crippen LogP) is 6.33. The fraction of sp³-hybridized carbons (Fsp3) is 0.270. The first-order valence-corrected chi connectivity index (χ1v) is 15.7. The van der Waals surface area contributed by atoms with Gasteiger partial charge in [0.25, 0.3) is 5.88 Å². The van der Waals surface area contributed by atoms with E-state index in [1.807, 2.05) is 6.07 Å². The summed E-state index contributed by atoms with van der Waals surface area (Å²) >= 11 is 0. The van der Waals surface area contributed by atoms with Crippen molar-refractivity contribution in [1.29, 1.82) is 0 Å². The molecule has 1 heterocycles. The second-order valence-corrected chi connectivity index (χ2v) is 12.3.